The van der Waals surface area contributed by atoms with Gasteiger partial charge in [-0.05, 0) is 49.2 Å². The van der Waals surface area contributed by atoms with Gasteiger partial charge in [-0.15, -0.1) is 0 Å². The highest BCUT2D eigenvalue weighted by atomic mass is 79.9. The molecular formula is C16H14Br2O. The van der Waals surface area contributed by atoms with Crippen molar-refractivity contribution >= 4 is 37.6 Å². The summed E-state index contributed by atoms with van der Waals surface area (Å²) in [6, 6.07) is 15.8. The zero-order valence-electron chi connectivity index (χ0n) is 10.8. The van der Waals surface area contributed by atoms with Crippen LogP contribution in [0, 0.1) is 0 Å². The van der Waals surface area contributed by atoms with E-state index in [4.69, 9.17) is 0 Å². The molecule has 0 atom stereocenters. The number of carbonyl (C=O) groups excluding carboxylic acids is 1. The maximum absolute atomic E-state index is 12.2. The minimum atomic E-state index is -0.610. The third-order valence-electron chi connectivity index (χ3n) is 3.55. The fourth-order valence-electron chi connectivity index (χ4n) is 2.14. The molecule has 0 aliphatic carbocycles. The zero-order valence-corrected chi connectivity index (χ0v) is 14.0. The van der Waals surface area contributed by atoms with Gasteiger partial charge < -0.3 is 0 Å². The number of rotatable bonds is 3. The van der Waals surface area contributed by atoms with E-state index in [9.17, 15) is 4.79 Å². The van der Waals surface area contributed by atoms with E-state index in [0.717, 1.165) is 20.1 Å². The zero-order chi connectivity index (χ0) is 14.0. The predicted molar refractivity (Wildman–Crippen MR) is 85.4 cm³/mol. The SMILES string of the molecule is CC(=O)C(C)(c1ccc(Br)cc1)c1ccc(Br)cc1. The van der Waals surface area contributed by atoms with Crippen LogP contribution in [0.3, 0.4) is 0 Å². The Morgan fingerprint density at radius 1 is 0.842 bits per heavy atom. The average molecular weight is 382 g/mol. The Labute approximate surface area is 130 Å². The summed E-state index contributed by atoms with van der Waals surface area (Å²) in [5.41, 5.74) is 1.40. The van der Waals surface area contributed by atoms with Gasteiger partial charge in [-0.1, -0.05) is 56.1 Å². The average Bonchev–Trinajstić information content (AvgIpc) is 2.39. The van der Waals surface area contributed by atoms with Crippen molar-refractivity contribution in [1.29, 1.82) is 0 Å². The van der Waals surface area contributed by atoms with E-state index in [-0.39, 0.29) is 5.78 Å². The van der Waals surface area contributed by atoms with Crippen molar-refractivity contribution < 1.29 is 4.79 Å². The van der Waals surface area contributed by atoms with E-state index in [0.29, 0.717) is 0 Å². The highest BCUT2D eigenvalue weighted by Crippen LogP contribution is 2.34. The van der Waals surface area contributed by atoms with Gasteiger partial charge in [-0.3, -0.25) is 4.79 Å². The third-order valence-corrected chi connectivity index (χ3v) is 4.60. The Kier molecular flexibility index (Phi) is 4.26. The van der Waals surface area contributed by atoms with E-state index in [1.54, 1.807) is 6.92 Å². The summed E-state index contributed by atoms with van der Waals surface area (Å²) in [4.78, 5) is 12.2. The van der Waals surface area contributed by atoms with Crippen LogP contribution in [0.5, 0.6) is 0 Å². The molecule has 1 nitrogen and oxygen atoms in total. The monoisotopic (exact) mass is 380 g/mol. The van der Waals surface area contributed by atoms with Crippen molar-refractivity contribution in [3.8, 4) is 0 Å². The van der Waals surface area contributed by atoms with E-state index in [1.807, 2.05) is 55.5 Å². The molecule has 0 spiro atoms. The van der Waals surface area contributed by atoms with Gasteiger partial charge in [0.05, 0.1) is 5.41 Å². The Morgan fingerprint density at radius 3 is 1.42 bits per heavy atom. The second-order valence-corrected chi connectivity index (χ2v) is 6.53. The normalized spacial score (nSPS) is 11.4. The standard InChI is InChI=1S/C16H14Br2O/c1-11(19)16(2,12-3-7-14(17)8-4-12)13-5-9-15(18)10-6-13/h3-10H,1-2H3. The lowest BCUT2D eigenvalue weighted by Crippen LogP contribution is -2.31. The molecule has 3 heteroatoms. The van der Waals surface area contributed by atoms with Gasteiger partial charge >= 0.3 is 0 Å². The van der Waals surface area contributed by atoms with Crippen LogP contribution in [0.2, 0.25) is 0 Å². The molecule has 2 aromatic rings. The number of halogens is 2. The molecule has 0 aliphatic heterocycles. The van der Waals surface area contributed by atoms with Crippen molar-refractivity contribution in [2.24, 2.45) is 0 Å². The topological polar surface area (TPSA) is 17.1 Å². The number of ketones is 1. The number of Topliss-reactive ketones (excluding diaryl/α,β-unsaturated/α-hetero) is 1. The molecule has 0 aromatic heterocycles. The highest BCUT2D eigenvalue weighted by molar-refractivity contribution is 9.10. The van der Waals surface area contributed by atoms with Crippen LogP contribution in [0.1, 0.15) is 25.0 Å². The van der Waals surface area contributed by atoms with Gasteiger partial charge in [0.2, 0.25) is 0 Å². The first-order valence-electron chi connectivity index (χ1n) is 5.97. The van der Waals surface area contributed by atoms with Crippen LogP contribution in [0.4, 0.5) is 0 Å². The Bertz CT molecular complexity index is 540. The molecule has 19 heavy (non-hydrogen) atoms. The molecule has 0 radical (unpaired) electrons. The summed E-state index contributed by atoms with van der Waals surface area (Å²) < 4.78 is 2.02. The van der Waals surface area contributed by atoms with Gasteiger partial charge in [-0.2, -0.15) is 0 Å². The van der Waals surface area contributed by atoms with E-state index >= 15 is 0 Å². The second kappa shape index (κ2) is 5.59. The van der Waals surface area contributed by atoms with Crippen molar-refractivity contribution in [3.63, 3.8) is 0 Å². The quantitative estimate of drug-likeness (QED) is 0.722. The smallest absolute Gasteiger partial charge is 0.144 e. The molecule has 2 aromatic carbocycles. The molecule has 2 rings (SSSR count). The molecular weight excluding hydrogens is 368 g/mol. The molecule has 0 unspecified atom stereocenters. The van der Waals surface area contributed by atoms with Crippen molar-refractivity contribution in [1.82, 2.24) is 0 Å². The number of hydrogen-bond acceptors (Lipinski definition) is 1. The van der Waals surface area contributed by atoms with Crippen molar-refractivity contribution in [3.05, 3.63) is 68.6 Å². The predicted octanol–water partition coefficient (Wildman–Crippen LogP) is 5.11. The molecule has 0 saturated carbocycles. The summed E-state index contributed by atoms with van der Waals surface area (Å²) >= 11 is 6.85. The fraction of sp³-hybridized carbons (Fsp3) is 0.188. The van der Waals surface area contributed by atoms with Crippen LogP contribution < -0.4 is 0 Å². The van der Waals surface area contributed by atoms with Gasteiger partial charge in [-0.25, -0.2) is 0 Å². The summed E-state index contributed by atoms with van der Waals surface area (Å²) in [5.74, 6) is 0.136. The minimum Gasteiger partial charge on any atom is -0.299 e. The number of carbonyl (C=O) groups is 1. The lowest BCUT2D eigenvalue weighted by Gasteiger charge is -2.28. The van der Waals surface area contributed by atoms with Crippen molar-refractivity contribution in [2.45, 2.75) is 19.3 Å². The first-order valence-corrected chi connectivity index (χ1v) is 7.56. The van der Waals surface area contributed by atoms with Crippen molar-refractivity contribution in [2.75, 3.05) is 0 Å². The highest BCUT2D eigenvalue weighted by Gasteiger charge is 2.33. The molecule has 0 fully saturated rings. The molecule has 98 valence electrons. The first kappa shape index (κ1) is 14.5. The van der Waals surface area contributed by atoms with E-state index in [1.165, 1.54) is 0 Å². The summed E-state index contributed by atoms with van der Waals surface area (Å²) in [7, 11) is 0. The van der Waals surface area contributed by atoms with Crippen LogP contribution in [0.15, 0.2) is 57.5 Å². The van der Waals surface area contributed by atoms with Crippen LogP contribution in [-0.2, 0) is 10.2 Å². The second-order valence-electron chi connectivity index (χ2n) is 4.69. The largest absolute Gasteiger partial charge is 0.299 e. The summed E-state index contributed by atoms with van der Waals surface area (Å²) in [6.45, 7) is 3.62. The van der Waals surface area contributed by atoms with Gasteiger partial charge in [0.25, 0.3) is 0 Å². The molecule has 0 N–H and O–H groups in total. The molecule has 0 aliphatic rings. The maximum atomic E-state index is 12.2. The number of hydrogen-bond donors (Lipinski definition) is 0. The molecule has 0 amide bonds. The summed E-state index contributed by atoms with van der Waals surface area (Å²) in [5, 5.41) is 0. The van der Waals surface area contributed by atoms with Crippen LogP contribution in [-0.4, -0.2) is 5.78 Å². The van der Waals surface area contributed by atoms with Gasteiger partial charge in [0, 0.05) is 8.95 Å². The summed E-state index contributed by atoms with van der Waals surface area (Å²) in [6.07, 6.45) is 0. The van der Waals surface area contributed by atoms with E-state index < -0.39 is 5.41 Å². The van der Waals surface area contributed by atoms with Gasteiger partial charge in [0.1, 0.15) is 5.78 Å². The lowest BCUT2D eigenvalue weighted by molar-refractivity contribution is -0.120. The molecule has 0 heterocycles. The Morgan fingerprint density at radius 2 is 1.16 bits per heavy atom. The minimum absolute atomic E-state index is 0.136. The Hall–Kier alpha value is -0.930. The Balaban J connectivity index is 2.57. The third kappa shape index (κ3) is 2.82. The maximum Gasteiger partial charge on any atom is 0.144 e. The van der Waals surface area contributed by atoms with Gasteiger partial charge in [0.15, 0.2) is 0 Å². The van der Waals surface area contributed by atoms with Crippen LogP contribution in [0.25, 0.3) is 0 Å². The molecule has 0 saturated heterocycles. The fourth-order valence-corrected chi connectivity index (χ4v) is 2.67. The van der Waals surface area contributed by atoms with E-state index in [2.05, 4.69) is 31.9 Å². The lowest BCUT2D eigenvalue weighted by atomic mass is 9.73. The van der Waals surface area contributed by atoms with Crippen LogP contribution >= 0.6 is 31.9 Å². The first-order chi connectivity index (χ1) is 8.94. The number of benzene rings is 2. The molecule has 0 bridgehead atoms.